The first-order valence-electron chi connectivity index (χ1n) is 18.0. The van der Waals surface area contributed by atoms with Crippen LogP contribution >= 0.6 is 0 Å². The molecule has 2 heterocycles. The Labute approximate surface area is 305 Å². The van der Waals surface area contributed by atoms with E-state index in [9.17, 15) is 0 Å². The zero-order valence-electron chi connectivity index (χ0n) is 28.4. The molecule has 0 unspecified atom stereocenters. The molecule has 53 heavy (non-hydrogen) atoms. The third-order valence-electron chi connectivity index (χ3n) is 11.3. The summed E-state index contributed by atoms with van der Waals surface area (Å²) in [4.78, 5) is 2.24. The zero-order chi connectivity index (χ0) is 34.7. The summed E-state index contributed by atoms with van der Waals surface area (Å²) in [5, 5.41) is 2.14. The molecule has 0 amide bonds. The van der Waals surface area contributed by atoms with E-state index in [4.69, 9.17) is 13.9 Å². The van der Waals surface area contributed by atoms with Crippen molar-refractivity contribution in [3.63, 3.8) is 0 Å². The molecule has 0 atom stereocenters. The number of fused-ring (bicyclic) bond motifs is 15. The Morgan fingerprint density at radius 2 is 1.00 bits per heavy atom. The van der Waals surface area contributed by atoms with E-state index in [0.717, 1.165) is 39.0 Å². The minimum Gasteiger partial charge on any atom is -0.456 e. The van der Waals surface area contributed by atoms with Gasteiger partial charge in [0, 0.05) is 22.1 Å². The van der Waals surface area contributed by atoms with Crippen molar-refractivity contribution in [3.8, 4) is 45.3 Å². The molecule has 0 saturated carbocycles. The number of anilines is 3. The summed E-state index contributed by atoms with van der Waals surface area (Å²) in [6.07, 6.45) is 0. The van der Waals surface area contributed by atoms with Crippen molar-refractivity contribution in [3.05, 3.63) is 198 Å². The van der Waals surface area contributed by atoms with Crippen LogP contribution in [0.4, 0.5) is 17.1 Å². The minimum atomic E-state index is -0.476. The van der Waals surface area contributed by atoms with Crippen LogP contribution in [0.1, 0.15) is 22.3 Å². The van der Waals surface area contributed by atoms with Crippen LogP contribution in [-0.4, -0.2) is 0 Å². The Morgan fingerprint density at radius 1 is 0.377 bits per heavy atom. The molecule has 9 aromatic rings. The van der Waals surface area contributed by atoms with Crippen LogP contribution in [0, 0.1) is 0 Å². The van der Waals surface area contributed by atoms with Gasteiger partial charge in [0.1, 0.15) is 11.2 Å². The standard InChI is InChI=1S/C49H29NO3/c1-2-13-30(14-3-1)50(31-25-26-44-37(27-31)35-18-7-11-23-43(35)51-44)42-22-12-24-45-48(42)53-47-29-41-36(28-46(47)52-45)34-17-6-10-21-40(34)49(41)38-19-8-4-15-32(38)33-16-5-9-20-39(33)49/h1-29H. The van der Waals surface area contributed by atoms with Crippen LogP contribution in [0.2, 0.25) is 0 Å². The minimum absolute atomic E-state index is 0.476. The summed E-state index contributed by atoms with van der Waals surface area (Å²) >= 11 is 0. The molecule has 8 aromatic carbocycles. The molecule has 1 aromatic heterocycles. The van der Waals surface area contributed by atoms with Crippen LogP contribution < -0.4 is 14.4 Å². The number of hydrogen-bond acceptors (Lipinski definition) is 4. The Morgan fingerprint density at radius 3 is 1.75 bits per heavy atom. The summed E-state index contributed by atoms with van der Waals surface area (Å²) in [6, 6.07) is 62.1. The second-order valence-electron chi connectivity index (χ2n) is 14.0. The lowest BCUT2D eigenvalue weighted by molar-refractivity contribution is 0.360. The Bertz CT molecular complexity index is 2930. The highest BCUT2D eigenvalue weighted by atomic mass is 16.6. The van der Waals surface area contributed by atoms with Crippen molar-refractivity contribution in [2.75, 3.05) is 4.90 Å². The number of hydrogen-bond donors (Lipinski definition) is 0. The highest BCUT2D eigenvalue weighted by Gasteiger charge is 2.52. The van der Waals surface area contributed by atoms with E-state index in [2.05, 4.69) is 150 Å². The molecule has 4 heteroatoms. The third kappa shape index (κ3) is 3.79. The molecule has 248 valence electrons. The van der Waals surface area contributed by atoms with E-state index in [1.165, 1.54) is 44.5 Å². The van der Waals surface area contributed by atoms with Crippen molar-refractivity contribution in [1.29, 1.82) is 0 Å². The largest absolute Gasteiger partial charge is 0.456 e. The van der Waals surface area contributed by atoms with Gasteiger partial charge in [-0.3, -0.25) is 0 Å². The van der Waals surface area contributed by atoms with Crippen LogP contribution in [-0.2, 0) is 5.41 Å². The molecule has 0 bridgehead atoms. The van der Waals surface area contributed by atoms with E-state index >= 15 is 0 Å². The van der Waals surface area contributed by atoms with Crippen LogP contribution in [0.25, 0.3) is 44.2 Å². The fraction of sp³-hybridized carbons (Fsp3) is 0.0204. The smallest absolute Gasteiger partial charge is 0.194 e. The van der Waals surface area contributed by atoms with Gasteiger partial charge in [-0.05, 0) is 105 Å². The van der Waals surface area contributed by atoms with Crippen LogP contribution in [0.5, 0.6) is 23.0 Å². The Kier molecular flexibility index (Phi) is 5.67. The number of nitrogens with zero attached hydrogens (tertiary/aromatic N) is 1. The first-order valence-corrected chi connectivity index (χ1v) is 18.0. The van der Waals surface area contributed by atoms with Crippen molar-refractivity contribution >= 4 is 39.0 Å². The van der Waals surface area contributed by atoms with Crippen molar-refractivity contribution in [2.24, 2.45) is 0 Å². The fourth-order valence-electron chi connectivity index (χ4n) is 9.21. The molecular formula is C49H29NO3. The molecule has 0 radical (unpaired) electrons. The van der Waals surface area contributed by atoms with Gasteiger partial charge in [0.2, 0.25) is 0 Å². The normalized spacial score (nSPS) is 13.7. The fourth-order valence-corrected chi connectivity index (χ4v) is 9.21. The van der Waals surface area contributed by atoms with Gasteiger partial charge in [0.05, 0.1) is 11.1 Å². The van der Waals surface area contributed by atoms with Crippen molar-refractivity contribution in [1.82, 2.24) is 0 Å². The molecule has 1 spiro atoms. The Hall–Kier alpha value is -7.04. The van der Waals surface area contributed by atoms with Crippen molar-refractivity contribution < 1.29 is 13.9 Å². The highest BCUT2D eigenvalue weighted by Crippen LogP contribution is 2.65. The molecule has 12 rings (SSSR count). The summed E-state index contributed by atoms with van der Waals surface area (Å²) in [5.74, 6) is 2.74. The Balaban J connectivity index is 1.06. The molecule has 2 aliphatic carbocycles. The third-order valence-corrected chi connectivity index (χ3v) is 11.3. The predicted octanol–water partition coefficient (Wildman–Crippen LogP) is 13.3. The maximum atomic E-state index is 7.09. The lowest BCUT2D eigenvalue weighted by Crippen LogP contribution is -2.25. The lowest BCUT2D eigenvalue weighted by Gasteiger charge is -2.32. The van der Waals surface area contributed by atoms with Gasteiger partial charge in [-0.15, -0.1) is 0 Å². The number of furan rings is 1. The van der Waals surface area contributed by atoms with E-state index in [1.54, 1.807) is 0 Å². The summed E-state index contributed by atoms with van der Waals surface area (Å²) in [6.45, 7) is 0. The first-order chi connectivity index (χ1) is 26.3. The summed E-state index contributed by atoms with van der Waals surface area (Å²) in [7, 11) is 0. The average Bonchev–Trinajstić information content (AvgIpc) is 3.84. The number of para-hydroxylation sites is 3. The maximum absolute atomic E-state index is 7.09. The lowest BCUT2D eigenvalue weighted by atomic mass is 9.70. The van der Waals surface area contributed by atoms with Gasteiger partial charge in [-0.25, -0.2) is 0 Å². The molecule has 3 aliphatic rings. The number of ether oxygens (including phenoxy) is 2. The van der Waals surface area contributed by atoms with E-state index in [-0.39, 0.29) is 0 Å². The molecular weight excluding hydrogens is 651 g/mol. The van der Waals surface area contributed by atoms with Crippen LogP contribution in [0.3, 0.4) is 0 Å². The second kappa shape index (κ2) is 10.5. The van der Waals surface area contributed by atoms with Gasteiger partial charge in [0.25, 0.3) is 0 Å². The highest BCUT2D eigenvalue weighted by molar-refractivity contribution is 6.06. The molecule has 0 N–H and O–H groups in total. The molecule has 4 nitrogen and oxygen atoms in total. The average molecular weight is 680 g/mol. The molecule has 0 fully saturated rings. The number of rotatable bonds is 3. The van der Waals surface area contributed by atoms with E-state index in [1.807, 2.05) is 30.3 Å². The van der Waals surface area contributed by atoms with E-state index in [0.29, 0.717) is 23.0 Å². The summed E-state index contributed by atoms with van der Waals surface area (Å²) < 4.78 is 20.1. The SMILES string of the molecule is c1ccc(N(c2ccc3oc4ccccc4c3c2)c2cccc3c2Oc2cc4c(cc2O3)-c2ccccc2C42c3ccccc3-c3ccccc32)cc1. The van der Waals surface area contributed by atoms with Crippen molar-refractivity contribution in [2.45, 2.75) is 5.41 Å². The summed E-state index contributed by atoms with van der Waals surface area (Å²) in [5.41, 5.74) is 14.1. The monoisotopic (exact) mass is 679 g/mol. The predicted molar refractivity (Wildman–Crippen MR) is 211 cm³/mol. The molecule has 1 aliphatic heterocycles. The van der Waals surface area contributed by atoms with Gasteiger partial charge < -0.3 is 18.8 Å². The van der Waals surface area contributed by atoms with Crippen LogP contribution in [0.15, 0.2) is 180 Å². The molecule has 0 saturated heterocycles. The van der Waals surface area contributed by atoms with Gasteiger partial charge in [-0.1, -0.05) is 115 Å². The quantitative estimate of drug-likeness (QED) is 0.186. The zero-order valence-corrected chi connectivity index (χ0v) is 28.4. The van der Waals surface area contributed by atoms with Gasteiger partial charge >= 0.3 is 0 Å². The van der Waals surface area contributed by atoms with Gasteiger partial charge in [0.15, 0.2) is 23.0 Å². The second-order valence-corrected chi connectivity index (χ2v) is 14.0. The maximum Gasteiger partial charge on any atom is 0.194 e. The topological polar surface area (TPSA) is 34.8 Å². The number of benzene rings is 8. The van der Waals surface area contributed by atoms with E-state index < -0.39 is 5.41 Å². The first kappa shape index (κ1) is 28.6. The van der Waals surface area contributed by atoms with Gasteiger partial charge in [-0.2, -0.15) is 0 Å².